The van der Waals surface area contributed by atoms with Crippen LogP contribution in [0.15, 0.2) is 24.3 Å². The van der Waals surface area contributed by atoms with Crippen molar-refractivity contribution in [3.05, 3.63) is 29.8 Å². The van der Waals surface area contributed by atoms with E-state index in [-0.39, 0.29) is 51.4 Å². The molecule has 0 aromatic heterocycles. The van der Waals surface area contributed by atoms with Crippen LogP contribution in [0.3, 0.4) is 0 Å². The Hall–Kier alpha value is 0.511. The summed E-state index contributed by atoms with van der Waals surface area (Å²) in [5.41, 5.74) is 0.873. The summed E-state index contributed by atoms with van der Waals surface area (Å²) >= 11 is 0. The van der Waals surface area contributed by atoms with Crippen molar-refractivity contribution >= 4 is 6.98 Å². The Bertz CT molecular complexity index is 317. The van der Waals surface area contributed by atoms with Gasteiger partial charge in [0.1, 0.15) is 5.75 Å². The first kappa shape index (κ1) is 13.6. The molecule has 1 heterocycles. The van der Waals surface area contributed by atoms with Gasteiger partial charge in [-0.3, -0.25) is 0 Å². The van der Waals surface area contributed by atoms with Crippen LogP contribution < -0.4 is 56.1 Å². The standard InChI is InChI=1S/C9H9BF3O.K/c11-10(12,13)6-8-5-7-3-1-2-4-9(7)14-8;/h1-4,8H,5-6H2;/q-1;+1. The van der Waals surface area contributed by atoms with Crippen LogP contribution >= 0.6 is 0 Å². The third kappa shape index (κ3) is 3.78. The largest absolute Gasteiger partial charge is 1.00 e. The molecular formula is C9H9BF3KO. The number of ether oxygens (including phenoxy) is 1. The van der Waals surface area contributed by atoms with E-state index in [0.29, 0.717) is 12.2 Å². The van der Waals surface area contributed by atoms with Crippen LogP contribution in [0.4, 0.5) is 12.9 Å². The number of hydrogen-bond donors (Lipinski definition) is 0. The average Bonchev–Trinajstić information content (AvgIpc) is 2.42. The van der Waals surface area contributed by atoms with Crippen molar-refractivity contribution in [3.63, 3.8) is 0 Å². The zero-order valence-corrected chi connectivity index (χ0v) is 11.5. The van der Waals surface area contributed by atoms with Gasteiger partial charge in [-0.05, 0) is 17.9 Å². The summed E-state index contributed by atoms with van der Waals surface area (Å²) in [5.74, 6) is 0.595. The fourth-order valence-corrected chi connectivity index (χ4v) is 1.68. The van der Waals surface area contributed by atoms with E-state index in [2.05, 4.69) is 0 Å². The zero-order valence-electron chi connectivity index (χ0n) is 8.42. The van der Waals surface area contributed by atoms with Gasteiger partial charge < -0.3 is 17.7 Å². The molecular weight excluding hydrogens is 231 g/mol. The molecule has 0 bridgehead atoms. The number of para-hydroxylation sites is 1. The fourth-order valence-electron chi connectivity index (χ4n) is 1.68. The van der Waals surface area contributed by atoms with E-state index in [1.54, 1.807) is 18.2 Å². The quantitative estimate of drug-likeness (QED) is 0.653. The molecule has 0 amide bonds. The van der Waals surface area contributed by atoms with Gasteiger partial charge in [0.05, 0.1) is 6.10 Å². The van der Waals surface area contributed by atoms with E-state index >= 15 is 0 Å². The number of rotatable bonds is 2. The number of hydrogen-bond acceptors (Lipinski definition) is 1. The number of benzene rings is 1. The molecule has 0 spiro atoms. The second-order valence-electron chi connectivity index (χ2n) is 3.50. The molecule has 1 atom stereocenters. The SMILES string of the molecule is F[B-](F)(F)CC1Cc2ccccc2O1.[K+]. The summed E-state index contributed by atoms with van der Waals surface area (Å²) in [6.45, 7) is -4.75. The van der Waals surface area contributed by atoms with E-state index in [1.807, 2.05) is 6.07 Å². The average molecular weight is 240 g/mol. The molecule has 15 heavy (non-hydrogen) atoms. The van der Waals surface area contributed by atoms with Gasteiger partial charge in [0.25, 0.3) is 0 Å². The summed E-state index contributed by atoms with van der Waals surface area (Å²) in [4.78, 5) is 0. The minimum Gasteiger partial charge on any atom is -0.493 e. The van der Waals surface area contributed by atoms with Crippen LogP contribution in [0.5, 0.6) is 5.75 Å². The van der Waals surface area contributed by atoms with Gasteiger partial charge in [-0.1, -0.05) is 18.2 Å². The van der Waals surface area contributed by atoms with Crippen LogP contribution in [0.25, 0.3) is 0 Å². The van der Waals surface area contributed by atoms with E-state index in [9.17, 15) is 12.9 Å². The van der Waals surface area contributed by atoms with Crippen molar-refractivity contribution in [2.24, 2.45) is 0 Å². The van der Waals surface area contributed by atoms with E-state index in [0.717, 1.165) is 5.56 Å². The number of halogens is 3. The zero-order chi connectivity index (χ0) is 10.2. The molecule has 0 fully saturated rings. The molecule has 0 aliphatic carbocycles. The van der Waals surface area contributed by atoms with Crippen molar-refractivity contribution < 1.29 is 69.1 Å². The third-order valence-electron chi connectivity index (χ3n) is 2.24. The summed E-state index contributed by atoms with van der Waals surface area (Å²) in [7, 11) is 0. The van der Waals surface area contributed by atoms with Crippen LogP contribution in [-0.4, -0.2) is 13.1 Å². The Kier molecular flexibility index (Phi) is 4.73. The molecule has 6 heteroatoms. The second kappa shape index (κ2) is 5.23. The predicted octanol–water partition coefficient (Wildman–Crippen LogP) is -0.159. The van der Waals surface area contributed by atoms with E-state index in [4.69, 9.17) is 4.74 Å². The summed E-state index contributed by atoms with van der Waals surface area (Å²) in [6.07, 6.45) is -1.15. The van der Waals surface area contributed by atoms with Crippen molar-refractivity contribution in [1.82, 2.24) is 0 Å². The fraction of sp³-hybridized carbons (Fsp3) is 0.333. The summed E-state index contributed by atoms with van der Waals surface area (Å²) < 4.78 is 41.5. The number of fused-ring (bicyclic) bond motifs is 1. The van der Waals surface area contributed by atoms with Gasteiger partial charge >= 0.3 is 58.4 Å². The second-order valence-corrected chi connectivity index (χ2v) is 3.50. The maximum absolute atomic E-state index is 12.1. The molecule has 1 aliphatic heterocycles. The van der Waals surface area contributed by atoms with Gasteiger partial charge in [-0.2, -0.15) is 0 Å². The first-order valence-electron chi connectivity index (χ1n) is 4.50. The van der Waals surface area contributed by atoms with E-state index < -0.39 is 19.4 Å². The summed E-state index contributed by atoms with van der Waals surface area (Å²) in [5, 5.41) is 0. The van der Waals surface area contributed by atoms with Crippen molar-refractivity contribution in [1.29, 1.82) is 0 Å². The third-order valence-corrected chi connectivity index (χ3v) is 2.24. The minimum absolute atomic E-state index is 0. The molecule has 0 saturated carbocycles. The van der Waals surface area contributed by atoms with Gasteiger partial charge in [0.2, 0.25) is 0 Å². The minimum atomic E-state index is -4.75. The molecule has 2 rings (SSSR count). The van der Waals surface area contributed by atoms with E-state index in [1.165, 1.54) is 0 Å². The van der Waals surface area contributed by atoms with Gasteiger partial charge in [-0.15, -0.1) is 0 Å². The molecule has 0 saturated heterocycles. The molecule has 0 N–H and O–H groups in total. The Morgan fingerprint density at radius 1 is 1.27 bits per heavy atom. The smallest absolute Gasteiger partial charge is 0.493 e. The molecule has 1 unspecified atom stereocenters. The Morgan fingerprint density at radius 3 is 2.53 bits per heavy atom. The van der Waals surface area contributed by atoms with Crippen LogP contribution in [0.1, 0.15) is 5.56 Å². The Morgan fingerprint density at radius 2 is 1.93 bits per heavy atom. The van der Waals surface area contributed by atoms with Gasteiger partial charge in [0.15, 0.2) is 0 Å². The first-order valence-corrected chi connectivity index (χ1v) is 4.50. The van der Waals surface area contributed by atoms with Crippen LogP contribution in [-0.2, 0) is 6.42 Å². The Labute approximate surface area is 129 Å². The van der Waals surface area contributed by atoms with Crippen LogP contribution in [0.2, 0.25) is 6.32 Å². The molecule has 1 aliphatic rings. The topological polar surface area (TPSA) is 9.23 Å². The monoisotopic (exact) mass is 240 g/mol. The molecule has 1 aromatic rings. The van der Waals surface area contributed by atoms with Gasteiger partial charge in [-0.25, -0.2) is 0 Å². The molecule has 76 valence electrons. The Balaban J connectivity index is 0.00000112. The van der Waals surface area contributed by atoms with Gasteiger partial charge in [0, 0.05) is 6.42 Å². The maximum Gasteiger partial charge on any atom is 1.00 e. The molecule has 0 radical (unpaired) electrons. The first-order chi connectivity index (χ1) is 6.54. The van der Waals surface area contributed by atoms with Crippen molar-refractivity contribution in [2.75, 3.05) is 0 Å². The van der Waals surface area contributed by atoms with Crippen molar-refractivity contribution in [3.8, 4) is 5.75 Å². The maximum atomic E-state index is 12.1. The summed E-state index contributed by atoms with van der Waals surface area (Å²) in [6, 6.07) is 7.08. The molecule has 1 aromatic carbocycles. The van der Waals surface area contributed by atoms with Crippen LogP contribution in [0, 0.1) is 0 Å². The normalized spacial score (nSPS) is 19.0. The predicted molar refractivity (Wildman–Crippen MR) is 48.4 cm³/mol. The van der Waals surface area contributed by atoms with Crippen molar-refractivity contribution in [2.45, 2.75) is 18.8 Å². The molecule has 1 nitrogen and oxygen atoms in total.